The molecule has 1 N–H and O–H groups in total. The maximum absolute atomic E-state index is 11.8. The number of benzene rings is 1. The molecule has 2 aliphatic heterocycles. The molecule has 2 heterocycles. The number of piperidine rings is 1. The van der Waals surface area contributed by atoms with Crippen LogP contribution in [0.3, 0.4) is 0 Å². The van der Waals surface area contributed by atoms with Gasteiger partial charge in [0.2, 0.25) is 0 Å². The van der Waals surface area contributed by atoms with Gasteiger partial charge in [-0.1, -0.05) is 13.3 Å². The van der Waals surface area contributed by atoms with Crippen molar-refractivity contribution >= 4 is 15.5 Å². The van der Waals surface area contributed by atoms with Crippen molar-refractivity contribution in [2.75, 3.05) is 24.2 Å². The lowest BCUT2D eigenvalue weighted by molar-refractivity contribution is 0.193. The molecule has 0 saturated carbocycles. The SMILES string of the molecule is CCS(=O)(=O)c1ccc(NC2CCN3CCCCC23)cc1. The minimum absolute atomic E-state index is 0.152. The van der Waals surface area contributed by atoms with Gasteiger partial charge in [-0.05, 0) is 50.1 Å². The molecule has 1 aromatic carbocycles. The van der Waals surface area contributed by atoms with Crippen molar-refractivity contribution in [2.24, 2.45) is 0 Å². The standard InChI is InChI=1S/C16H24N2O2S/c1-2-21(19,20)14-8-6-13(7-9-14)17-15-10-12-18-11-4-3-5-16(15)18/h6-9,15-17H,2-5,10-12H2,1H3. The first kappa shape index (κ1) is 14.9. The normalized spacial score (nSPS) is 26.5. The van der Waals surface area contributed by atoms with Gasteiger partial charge in [0.25, 0.3) is 0 Å². The van der Waals surface area contributed by atoms with Gasteiger partial charge in [0.05, 0.1) is 10.6 Å². The Hall–Kier alpha value is -1.07. The summed E-state index contributed by atoms with van der Waals surface area (Å²) in [6.45, 7) is 4.10. The van der Waals surface area contributed by atoms with Crippen molar-refractivity contribution in [3.63, 3.8) is 0 Å². The van der Waals surface area contributed by atoms with Gasteiger partial charge >= 0.3 is 0 Å². The highest BCUT2D eigenvalue weighted by atomic mass is 32.2. The quantitative estimate of drug-likeness (QED) is 0.928. The summed E-state index contributed by atoms with van der Waals surface area (Å²) in [6, 6.07) is 8.38. The molecule has 2 unspecified atom stereocenters. The molecule has 0 aliphatic carbocycles. The van der Waals surface area contributed by atoms with Crippen molar-refractivity contribution in [3.8, 4) is 0 Å². The smallest absolute Gasteiger partial charge is 0.178 e. The first-order valence-corrected chi connectivity index (χ1v) is 9.59. The molecule has 116 valence electrons. The highest BCUT2D eigenvalue weighted by Crippen LogP contribution is 2.29. The van der Waals surface area contributed by atoms with Gasteiger partial charge in [-0.2, -0.15) is 0 Å². The highest BCUT2D eigenvalue weighted by molar-refractivity contribution is 7.91. The Morgan fingerprint density at radius 2 is 1.90 bits per heavy atom. The third-order valence-corrected chi connectivity index (χ3v) is 6.55. The molecule has 0 aromatic heterocycles. The zero-order valence-corrected chi connectivity index (χ0v) is 13.4. The number of nitrogens with zero attached hydrogens (tertiary/aromatic N) is 1. The van der Waals surface area contributed by atoms with Crippen LogP contribution < -0.4 is 5.32 Å². The van der Waals surface area contributed by atoms with Crippen LogP contribution >= 0.6 is 0 Å². The summed E-state index contributed by atoms with van der Waals surface area (Å²) in [7, 11) is -3.10. The first-order chi connectivity index (χ1) is 10.1. The zero-order chi connectivity index (χ0) is 14.9. The van der Waals surface area contributed by atoms with Crippen LogP contribution in [0.25, 0.3) is 0 Å². The third-order valence-electron chi connectivity index (χ3n) is 4.80. The predicted octanol–water partition coefficient (Wildman–Crippen LogP) is 2.52. The Balaban J connectivity index is 1.68. The molecule has 2 aliphatic rings. The number of hydrogen-bond acceptors (Lipinski definition) is 4. The van der Waals surface area contributed by atoms with Crippen LogP contribution in [0.15, 0.2) is 29.2 Å². The van der Waals surface area contributed by atoms with Crippen molar-refractivity contribution in [2.45, 2.75) is 49.6 Å². The second kappa shape index (κ2) is 5.97. The second-order valence-electron chi connectivity index (χ2n) is 6.07. The summed E-state index contributed by atoms with van der Waals surface area (Å²) in [5.41, 5.74) is 1.03. The largest absolute Gasteiger partial charge is 0.381 e. The molecule has 0 amide bonds. The fourth-order valence-corrected chi connectivity index (χ4v) is 4.44. The summed E-state index contributed by atoms with van der Waals surface area (Å²) in [5, 5.41) is 3.60. The van der Waals surface area contributed by atoms with E-state index < -0.39 is 9.84 Å². The molecule has 2 saturated heterocycles. The van der Waals surface area contributed by atoms with Gasteiger partial charge < -0.3 is 5.32 Å². The third kappa shape index (κ3) is 3.09. The molecule has 4 nitrogen and oxygen atoms in total. The van der Waals surface area contributed by atoms with Crippen LogP contribution in [0.1, 0.15) is 32.6 Å². The lowest BCUT2D eigenvalue weighted by Gasteiger charge is -2.33. The van der Waals surface area contributed by atoms with E-state index in [0.717, 1.165) is 5.69 Å². The van der Waals surface area contributed by atoms with E-state index in [1.54, 1.807) is 19.1 Å². The van der Waals surface area contributed by atoms with Gasteiger partial charge in [0.15, 0.2) is 9.84 Å². The van der Waals surface area contributed by atoms with Crippen LogP contribution in [0.4, 0.5) is 5.69 Å². The van der Waals surface area contributed by atoms with Gasteiger partial charge in [-0.3, -0.25) is 4.90 Å². The lowest BCUT2D eigenvalue weighted by atomic mass is 9.99. The van der Waals surface area contributed by atoms with E-state index >= 15 is 0 Å². The second-order valence-corrected chi connectivity index (χ2v) is 8.34. The summed E-state index contributed by atoms with van der Waals surface area (Å²) in [4.78, 5) is 3.01. The highest BCUT2D eigenvalue weighted by Gasteiger charge is 2.35. The maximum atomic E-state index is 11.8. The summed E-state index contributed by atoms with van der Waals surface area (Å²) in [6.07, 6.45) is 5.11. The molecule has 0 spiro atoms. The number of sulfone groups is 1. The van der Waals surface area contributed by atoms with Crippen molar-refractivity contribution in [3.05, 3.63) is 24.3 Å². The molecule has 1 aromatic rings. The van der Waals surface area contributed by atoms with E-state index in [0.29, 0.717) is 17.0 Å². The van der Waals surface area contributed by atoms with E-state index in [1.165, 1.54) is 38.8 Å². The molecular weight excluding hydrogens is 284 g/mol. The fourth-order valence-electron chi connectivity index (χ4n) is 3.55. The minimum Gasteiger partial charge on any atom is -0.381 e. The van der Waals surface area contributed by atoms with Gasteiger partial charge in [-0.25, -0.2) is 8.42 Å². The monoisotopic (exact) mass is 308 g/mol. The summed E-state index contributed by atoms with van der Waals surface area (Å²) >= 11 is 0. The van der Waals surface area contributed by atoms with Crippen LogP contribution in [-0.4, -0.2) is 44.2 Å². The molecule has 0 radical (unpaired) electrons. The van der Waals surface area contributed by atoms with E-state index in [4.69, 9.17) is 0 Å². The van der Waals surface area contributed by atoms with E-state index in [2.05, 4.69) is 10.2 Å². The van der Waals surface area contributed by atoms with E-state index in [9.17, 15) is 8.42 Å². The molecule has 2 fully saturated rings. The average Bonchev–Trinajstić information content (AvgIpc) is 2.91. The zero-order valence-electron chi connectivity index (χ0n) is 12.6. The van der Waals surface area contributed by atoms with E-state index in [1.807, 2.05) is 12.1 Å². The molecule has 2 atom stereocenters. The van der Waals surface area contributed by atoms with E-state index in [-0.39, 0.29) is 5.75 Å². The van der Waals surface area contributed by atoms with Gasteiger partial charge in [0.1, 0.15) is 0 Å². The molecule has 5 heteroatoms. The maximum Gasteiger partial charge on any atom is 0.178 e. The van der Waals surface area contributed by atoms with Crippen LogP contribution in [-0.2, 0) is 9.84 Å². The van der Waals surface area contributed by atoms with Crippen molar-refractivity contribution in [1.29, 1.82) is 0 Å². The number of fused-ring (bicyclic) bond motifs is 1. The summed E-state index contributed by atoms with van der Waals surface area (Å²) < 4.78 is 23.6. The minimum atomic E-state index is -3.10. The van der Waals surface area contributed by atoms with Crippen LogP contribution in [0.5, 0.6) is 0 Å². The molecule has 0 bridgehead atoms. The summed E-state index contributed by atoms with van der Waals surface area (Å²) in [5.74, 6) is 0.152. The Labute approximate surface area is 127 Å². The topological polar surface area (TPSA) is 49.4 Å². The number of anilines is 1. The van der Waals surface area contributed by atoms with Gasteiger partial charge in [0, 0.05) is 24.3 Å². The number of rotatable bonds is 4. The Bertz CT molecular complexity index is 583. The molecule has 21 heavy (non-hydrogen) atoms. The van der Waals surface area contributed by atoms with Crippen LogP contribution in [0.2, 0.25) is 0 Å². The molecular formula is C16H24N2O2S. The van der Waals surface area contributed by atoms with Crippen molar-refractivity contribution in [1.82, 2.24) is 4.90 Å². The Morgan fingerprint density at radius 1 is 1.14 bits per heavy atom. The number of hydrogen-bond donors (Lipinski definition) is 1. The number of nitrogens with one attached hydrogen (secondary N) is 1. The van der Waals surface area contributed by atoms with Crippen LogP contribution in [0, 0.1) is 0 Å². The predicted molar refractivity (Wildman–Crippen MR) is 85.4 cm³/mol. The average molecular weight is 308 g/mol. The Kier molecular flexibility index (Phi) is 4.22. The van der Waals surface area contributed by atoms with Crippen molar-refractivity contribution < 1.29 is 8.42 Å². The molecule has 3 rings (SSSR count). The fraction of sp³-hybridized carbons (Fsp3) is 0.625. The van der Waals surface area contributed by atoms with Gasteiger partial charge in [-0.15, -0.1) is 0 Å². The Morgan fingerprint density at radius 3 is 2.62 bits per heavy atom. The lowest BCUT2D eigenvalue weighted by Crippen LogP contribution is -2.41. The first-order valence-electron chi connectivity index (χ1n) is 7.93.